The fraction of sp³-hybridized carbons (Fsp3) is 0.200. The number of anilines is 2. The van der Waals surface area contributed by atoms with Gasteiger partial charge in [-0.05, 0) is 48.9 Å². The quantitative estimate of drug-likeness (QED) is 0.740. The maximum Gasteiger partial charge on any atom is 0.419 e. The normalized spacial score (nSPS) is 17.8. The molecular weight excluding hydrogens is 409 g/mol. The Kier molecular flexibility index (Phi) is 5.81. The number of halogens is 1. The van der Waals surface area contributed by atoms with Gasteiger partial charge in [0.05, 0.1) is 17.4 Å². The first-order valence-electron chi connectivity index (χ1n) is 10.4. The number of benzene rings is 2. The molecule has 1 atom stereocenters. The molecule has 1 aliphatic carbocycles. The summed E-state index contributed by atoms with van der Waals surface area (Å²) in [7, 11) is 0. The van der Waals surface area contributed by atoms with Crippen molar-refractivity contribution >= 4 is 28.9 Å². The molecule has 1 heterocycles. The van der Waals surface area contributed by atoms with Gasteiger partial charge in [-0.25, -0.2) is 9.18 Å². The molecule has 2 aromatic rings. The first kappa shape index (κ1) is 21.4. The van der Waals surface area contributed by atoms with Crippen molar-refractivity contribution in [3.63, 3.8) is 0 Å². The smallest absolute Gasteiger partial charge is 0.410 e. The van der Waals surface area contributed by atoms with Crippen LogP contribution in [-0.4, -0.2) is 24.6 Å². The van der Waals surface area contributed by atoms with Crippen molar-refractivity contribution in [1.29, 1.82) is 0 Å². The van der Waals surface area contributed by atoms with Crippen LogP contribution in [0.15, 0.2) is 72.5 Å². The molecule has 0 aromatic heterocycles. The summed E-state index contributed by atoms with van der Waals surface area (Å²) in [6.45, 7) is 3.62. The lowest BCUT2D eigenvalue weighted by atomic mass is 9.98. The number of hydrogen-bond donors (Lipinski definition) is 1. The van der Waals surface area contributed by atoms with Gasteiger partial charge in [-0.2, -0.15) is 0 Å². The molecule has 0 unspecified atom stereocenters. The van der Waals surface area contributed by atoms with Gasteiger partial charge in [0.1, 0.15) is 11.6 Å². The Labute approximate surface area is 186 Å². The highest BCUT2D eigenvalue weighted by Gasteiger charge is 2.35. The largest absolute Gasteiger partial charge is 0.419 e. The number of nitrogens with two attached hydrogens (primary N) is 1. The zero-order valence-electron chi connectivity index (χ0n) is 17.9. The van der Waals surface area contributed by atoms with Crippen molar-refractivity contribution in [2.75, 3.05) is 16.3 Å². The third kappa shape index (κ3) is 4.14. The van der Waals surface area contributed by atoms with Crippen molar-refractivity contribution in [3.8, 4) is 5.75 Å². The van der Waals surface area contributed by atoms with Crippen LogP contribution in [0.1, 0.15) is 25.8 Å². The van der Waals surface area contributed by atoms with Crippen LogP contribution >= 0.6 is 0 Å². The minimum absolute atomic E-state index is 0.115. The number of fused-ring (bicyclic) bond motifs is 1. The van der Waals surface area contributed by atoms with Crippen molar-refractivity contribution in [2.24, 2.45) is 5.73 Å². The predicted octanol–water partition coefficient (Wildman–Crippen LogP) is 4.77. The highest BCUT2D eigenvalue weighted by atomic mass is 19.1. The molecule has 0 radical (unpaired) electrons. The molecular formula is C25H24FN3O3. The third-order valence-electron chi connectivity index (χ3n) is 5.50. The standard InChI is InChI=1S/C25H24FN3O3/c1-16-15-28(25(31)32-20-11-9-19(26)10-12-20)24-14-18(8-13-23(24)29(16)17(2)30)21-6-4-3-5-7-22(21)27/h3-6,8-14,16H,7,15,27H2,1-2H3/t16-/m0/s1. The number of amides is 2. The first-order chi connectivity index (χ1) is 15.3. The Morgan fingerprint density at radius 1 is 1.09 bits per heavy atom. The molecule has 4 rings (SSSR count). The van der Waals surface area contributed by atoms with E-state index in [0.717, 1.165) is 11.1 Å². The number of carbonyl (C=O) groups is 2. The second-order valence-corrected chi connectivity index (χ2v) is 7.80. The monoisotopic (exact) mass is 433 g/mol. The zero-order chi connectivity index (χ0) is 22.8. The highest BCUT2D eigenvalue weighted by Crippen LogP contribution is 2.39. The lowest BCUT2D eigenvalue weighted by Gasteiger charge is -2.40. The van der Waals surface area contributed by atoms with Crippen molar-refractivity contribution in [3.05, 3.63) is 83.8 Å². The van der Waals surface area contributed by atoms with E-state index in [0.29, 0.717) is 23.5 Å². The summed E-state index contributed by atoms with van der Waals surface area (Å²) in [4.78, 5) is 28.6. The van der Waals surface area contributed by atoms with E-state index >= 15 is 0 Å². The summed E-state index contributed by atoms with van der Waals surface area (Å²) < 4.78 is 18.7. The summed E-state index contributed by atoms with van der Waals surface area (Å²) in [6.07, 6.45) is 7.76. The van der Waals surface area contributed by atoms with Gasteiger partial charge in [0.15, 0.2) is 0 Å². The lowest BCUT2D eigenvalue weighted by Crippen LogP contribution is -2.52. The van der Waals surface area contributed by atoms with Crippen molar-refractivity contribution < 1.29 is 18.7 Å². The van der Waals surface area contributed by atoms with Gasteiger partial charge in [-0.3, -0.25) is 9.69 Å². The third-order valence-corrected chi connectivity index (χ3v) is 5.50. The molecule has 164 valence electrons. The van der Waals surface area contributed by atoms with Crippen LogP contribution in [0.25, 0.3) is 5.57 Å². The summed E-state index contributed by atoms with van der Waals surface area (Å²) in [5.74, 6) is -0.295. The molecule has 6 nitrogen and oxygen atoms in total. The molecule has 2 N–H and O–H groups in total. The van der Waals surface area contributed by atoms with Gasteiger partial charge in [-0.1, -0.05) is 30.4 Å². The number of rotatable bonds is 2. The minimum Gasteiger partial charge on any atom is -0.410 e. The van der Waals surface area contributed by atoms with E-state index in [1.165, 1.54) is 36.1 Å². The van der Waals surface area contributed by atoms with E-state index in [-0.39, 0.29) is 24.2 Å². The number of allylic oxidation sites excluding steroid dienone is 5. The van der Waals surface area contributed by atoms with E-state index in [1.54, 1.807) is 4.90 Å². The molecule has 0 bridgehead atoms. The molecule has 0 saturated heterocycles. The minimum atomic E-state index is -0.606. The average Bonchev–Trinajstić information content (AvgIpc) is 2.98. The predicted molar refractivity (Wildman–Crippen MR) is 123 cm³/mol. The summed E-state index contributed by atoms with van der Waals surface area (Å²) in [6, 6.07) is 10.6. The van der Waals surface area contributed by atoms with Crippen molar-refractivity contribution in [1.82, 2.24) is 0 Å². The average molecular weight is 433 g/mol. The second kappa shape index (κ2) is 8.70. The number of carbonyl (C=O) groups excluding carboxylic acids is 2. The molecule has 2 aromatic carbocycles. The van der Waals surface area contributed by atoms with Crippen LogP contribution in [0.2, 0.25) is 0 Å². The Morgan fingerprint density at radius 2 is 1.84 bits per heavy atom. The molecule has 0 saturated carbocycles. The van der Waals surface area contributed by atoms with Gasteiger partial charge >= 0.3 is 6.09 Å². The zero-order valence-corrected chi connectivity index (χ0v) is 17.9. The molecule has 1 aliphatic heterocycles. The van der Waals surface area contributed by atoms with Crippen LogP contribution in [0.3, 0.4) is 0 Å². The fourth-order valence-electron chi connectivity index (χ4n) is 4.03. The Hall–Kier alpha value is -3.87. The van der Waals surface area contributed by atoms with Gasteiger partial charge in [0.2, 0.25) is 5.91 Å². The highest BCUT2D eigenvalue weighted by molar-refractivity contribution is 6.03. The number of ether oxygens (including phenoxy) is 1. The molecule has 32 heavy (non-hydrogen) atoms. The maximum atomic E-state index is 13.2. The van der Waals surface area contributed by atoms with Crippen molar-refractivity contribution in [2.45, 2.75) is 26.3 Å². The van der Waals surface area contributed by atoms with Crippen LogP contribution in [0.4, 0.5) is 20.6 Å². The molecule has 0 spiro atoms. The van der Waals surface area contributed by atoms with Crippen LogP contribution in [0.5, 0.6) is 5.75 Å². The fourth-order valence-corrected chi connectivity index (χ4v) is 4.03. The van der Waals surface area contributed by atoms with E-state index in [4.69, 9.17) is 10.5 Å². The topological polar surface area (TPSA) is 75.9 Å². The van der Waals surface area contributed by atoms with Gasteiger partial charge in [0.25, 0.3) is 0 Å². The van der Waals surface area contributed by atoms with Gasteiger partial charge in [0, 0.05) is 31.2 Å². The second-order valence-electron chi connectivity index (χ2n) is 7.80. The Morgan fingerprint density at radius 3 is 2.56 bits per heavy atom. The number of hydrogen-bond acceptors (Lipinski definition) is 4. The van der Waals surface area contributed by atoms with E-state index < -0.39 is 11.9 Å². The van der Waals surface area contributed by atoms with Crippen LogP contribution in [0, 0.1) is 5.82 Å². The van der Waals surface area contributed by atoms with E-state index in [9.17, 15) is 14.0 Å². The molecule has 7 heteroatoms. The summed E-state index contributed by atoms with van der Waals surface area (Å²) >= 11 is 0. The summed E-state index contributed by atoms with van der Waals surface area (Å²) in [5.41, 5.74) is 9.84. The van der Waals surface area contributed by atoms with Gasteiger partial charge < -0.3 is 15.4 Å². The Bertz CT molecular complexity index is 1150. The lowest BCUT2D eigenvalue weighted by molar-refractivity contribution is -0.117. The maximum absolute atomic E-state index is 13.2. The van der Waals surface area contributed by atoms with Crippen LogP contribution in [-0.2, 0) is 4.79 Å². The SMILES string of the molecule is CC(=O)N1c2ccc(C3=C(N)CC=CC=C3)cc2N(C(=O)Oc2ccc(F)cc2)C[C@@H]1C. The molecule has 2 amide bonds. The van der Waals surface area contributed by atoms with E-state index in [1.807, 2.05) is 49.4 Å². The Balaban J connectivity index is 1.76. The number of nitrogens with zero attached hydrogens (tertiary/aromatic N) is 2. The van der Waals surface area contributed by atoms with Crippen LogP contribution < -0.4 is 20.3 Å². The molecule has 0 fully saturated rings. The van der Waals surface area contributed by atoms with E-state index in [2.05, 4.69) is 0 Å². The van der Waals surface area contributed by atoms with Gasteiger partial charge in [-0.15, -0.1) is 0 Å². The molecule has 2 aliphatic rings. The first-order valence-corrected chi connectivity index (χ1v) is 10.4. The summed E-state index contributed by atoms with van der Waals surface area (Å²) in [5, 5.41) is 0.